The molecule has 0 aliphatic carbocycles. The average molecular weight is 250 g/mol. The Kier molecular flexibility index (Phi) is 7.84. The molecule has 0 unspecified atom stereocenters. The first-order valence-corrected chi connectivity index (χ1v) is 6.44. The van der Waals surface area contributed by atoms with Crippen molar-refractivity contribution < 1.29 is 9.53 Å². The molecule has 1 aromatic rings. The van der Waals surface area contributed by atoms with Crippen LogP contribution in [-0.4, -0.2) is 19.1 Å². The largest absolute Gasteiger partial charge is 0.381 e. The fraction of sp³-hybridized carbons (Fsp3) is 0.500. The lowest BCUT2D eigenvalue weighted by atomic mass is 10.1. The van der Waals surface area contributed by atoms with Crippen molar-refractivity contribution in [3.8, 4) is 0 Å². The van der Waals surface area contributed by atoms with Gasteiger partial charge in [0, 0.05) is 19.6 Å². The molecule has 0 saturated heterocycles. The average Bonchev–Trinajstić information content (AvgIpc) is 2.42. The molecule has 18 heavy (non-hydrogen) atoms. The number of ether oxygens (including phenoxy) is 1. The lowest BCUT2D eigenvalue weighted by molar-refractivity contribution is -0.121. The van der Waals surface area contributed by atoms with Crippen LogP contribution in [0.25, 0.3) is 0 Å². The van der Waals surface area contributed by atoms with Crippen LogP contribution >= 0.6 is 0 Å². The molecule has 0 aliphatic rings. The summed E-state index contributed by atoms with van der Waals surface area (Å²) in [5.41, 5.74) is 3.46. The van der Waals surface area contributed by atoms with E-state index in [1.54, 1.807) is 0 Å². The molecule has 0 atom stereocenters. The van der Waals surface area contributed by atoms with Gasteiger partial charge in [0.2, 0.25) is 5.91 Å². The smallest absolute Gasteiger partial charge is 0.233 e. The molecule has 1 aromatic carbocycles. The van der Waals surface area contributed by atoms with Crippen LogP contribution in [0.2, 0.25) is 0 Å². The summed E-state index contributed by atoms with van der Waals surface area (Å²) in [5.74, 6) is 4.87. The number of hydrogen-bond donors (Lipinski definition) is 2. The highest BCUT2D eigenvalue weighted by atomic mass is 16.5. The Balaban J connectivity index is 1.89. The highest BCUT2D eigenvalue weighted by Gasteiger charge is 1.97. The number of carbonyl (C=O) groups excluding carboxylic acids is 1. The predicted octanol–water partition coefficient (Wildman–Crippen LogP) is 1.80. The van der Waals surface area contributed by atoms with Gasteiger partial charge in [0.1, 0.15) is 0 Å². The highest BCUT2D eigenvalue weighted by Crippen LogP contribution is 2.03. The van der Waals surface area contributed by atoms with Gasteiger partial charge in [-0.05, 0) is 31.2 Å². The van der Waals surface area contributed by atoms with E-state index in [1.165, 1.54) is 5.56 Å². The summed E-state index contributed by atoms with van der Waals surface area (Å²) in [4.78, 5) is 10.8. The van der Waals surface area contributed by atoms with E-state index in [0.717, 1.165) is 32.3 Å². The van der Waals surface area contributed by atoms with E-state index in [4.69, 9.17) is 10.6 Å². The van der Waals surface area contributed by atoms with Crippen molar-refractivity contribution in [3.05, 3.63) is 35.9 Å². The second kappa shape index (κ2) is 9.62. The predicted molar refractivity (Wildman–Crippen MR) is 71.8 cm³/mol. The topological polar surface area (TPSA) is 64.3 Å². The molecule has 3 N–H and O–H groups in total. The molecular weight excluding hydrogens is 228 g/mol. The van der Waals surface area contributed by atoms with Crippen LogP contribution in [0.3, 0.4) is 0 Å². The summed E-state index contributed by atoms with van der Waals surface area (Å²) in [6.45, 7) is 1.49. The SMILES string of the molecule is NNC(=O)CCCCOCCCc1ccccc1. The van der Waals surface area contributed by atoms with Crippen LogP contribution < -0.4 is 11.3 Å². The Hall–Kier alpha value is -1.39. The summed E-state index contributed by atoms with van der Waals surface area (Å²) in [7, 11) is 0. The first kappa shape index (κ1) is 14.7. The molecule has 0 aromatic heterocycles. The molecule has 0 fully saturated rings. The maximum Gasteiger partial charge on any atom is 0.233 e. The third-order valence-corrected chi connectivity index (χ3v) is 2.70. The monoisotopic (exact) mass is 250 g/mol. The van der Waals surface area contributed by atoms with Crippen molar-refractivity contribution in [1.82, 2.24) is 5.43 Å². The zero-order valence-corrected chi connectivity index (χ0v) is 10.7. The molecule has 0 heterocycles. The molecule has 1 rings (SSSR count). The zero-order chi connectivity index (χ0) is 13.1. The molecule has 0 bridgehead atoms. The number of aryl methyl sites for hydroxylation is 1. The van der Waals surface area contributed by atoms with Crippen molar-refractivity contribution in [2.45, 2.75) is 32.1 Å². The van der Waals surface area contributed by atoms with E-state index >= 15 is 0 Å². The van der Waals surface area contributed by atoms with Gasteiger partial charge in [-0.25, -0.2) is 5.84 Å². The van der Waals surface area contributed by atoms with Gasteiger partial charge >= 0.3 is 0 Å². The Labute approximate surface area is 108 Å². The second-order valence-electron chi connectivity index (χ2n) is 4.23. The lowest BCUT2D eigenvalue weighted by Crippen LogP contribution is -2.29. The van der Waals surface area contributed by atoms with Gasteiger partial charge in [-0.15, -0.1) is 0 Å². The van der Waals surface area contributed by atoms with Gasteiger partial charge in [0.15, 0.2) is 0 Å². The van der Waals surface area contributed by atoms with Gasteiger partial charge in [0.05, 0.1) is 0 Å². The van der Waals surface area contributed by atoms with E-state index < -0.39 is 0 Å². The van der Waals surface area contributed by atoms with Gasteiger partial charge in [-0.2, -0.15) is 0 Å². The number of hydrogen-bond acceptors (Lipinski definition) is 3. The molecule has 0 saturated carbocycles. The minimum absolute atomic E-state index is 0.112. The Morgan fingerprint density at radius 2 is 1.83 bits per heavy atom. The molecule has 0 aliphatic heterocycles. The number of carbonyl (C=O) groups is 1. The molecular formula is C14H22N2O2. The highest BCUT2D eigenvalue weighted by molar-refractivity contribution is 5.74. The summed E-state index contributed by atoms with van der Waals surface area (Å²) < 4.78 is 5.51. The fourth-order valence-electron chi connectivity index (χ4n) is 1.69. The Bertz CT molecular complexity index is 328. The van der Waals surface area contributed by atoms with E-state index in [0.29, 0.717) is 13.0 Å². The second-order valence-corrected chi connectivity index (χ2v) is 4.23. The summed E-state index contributed by atoms with van der Waals surface area (Å²) in [6.07, 6.45) is 4.29. The number of hydrazine groups is 1. The van der Waals surface area contributed by atoms with Gasteiger partial charge in [-0.3, -0.25) is 10.2 Å². The van der Waals surface area contributed by atoms with Gasteiger partial charge in [-0.1, -0.05) is 30.3 Å². The van der Waals surface area contributed by atoms with Crippen molar-refractivity contribution in [3.63, 3.8) is 0 Å². The third-order valence-electron chi connectivity index (χ3n) is 2.70. The minimum Gasteiger partial charge on any atom is -0.381 e. The van der Waals surface area contributed by atoms with Crippen molar-refractivity contribution in [2.24, 2.45) is 5.84 Å². The number of amides is 1. The van der Waals surface area contributed by atoms with E-state index in [2.05, 4.69) is 29.7 Å². The lowest BCUT2D eigenvalue weighted by Gasteiger charge is -2.04. The molecule has 1 amide bonds. The number of benzene rings is 1. The quantitative estimate of drug-likeness (QED) is 0.304. The number of rotatable bonds is 9. The first-order chi connectivity index (χ1) is 8.83. The molecule has 4 heteroatoms. The number of unbranched alkanes of at least 4 members (excludes halogenated alkanes) is 1. The molecule has 100 valence electrons. The fourth-order valence-corrected chi connectivity index (χ4v) is 1.69. The van der Waals surface area contributed by atoms with Crippen LogP contribution in [0.4, 0.5) is 0 Å². The third kappa shape index (κ3) is 7.04. The maximum atomic E-state index is 10.8. The minimum atomic E-state index is -0.112. The summed E-state index contributed by atoms with van der Waals surface area (Å²) in [6, 6.07) is 10.4. The van der Waals surface area contributed by atoms with Crippen LogP contribution in [0, 0.1) is 0 Å². The molecule has 0 spiro atoms. The van der Waals surface area contributed by atoms with E-state index in [9.17, 15) is 4.79 Å². The van der Waals surface area contributed by atoms with Crippen LogP contribution in [-0.2, 0) is 16.0 Å². The number of nitrogens with two attached hydrogens (primary N) is 1. The first-order valence-electron chi connectivity index (χ1n) is 6.44. The van der Waals surface area contributed by atoms with Crippen molar-refractivity contribution in [2.75, 3.05) is 13.2 Å². The maximum absolute atomic E-state index is 10.8. The van der Waals surface area contributed by atoms with Crippen LogP contribution in [0.5, 0.6) is 0 Å². The van der Waals surface area contributed by atoms with E-state index in [1.807, 2.05) is 6.07 Å². The molecule has 4 nitrogen and oxygen atoms in total. The van der Waals surface area contributed by atoms with E-state index in [-0.39, 0.29) is 5.91 Å². The van der Waals surface area contributed by atoms with Crippen molar-refractivity contribution in [1.29, 1.82) is 0 Å². The summed E-state index contributed by atoms with van der Waals surface area (Å²) in [5, 5.41) is 0. The Morgan fingerprint density at radius 1 is 1.11 bits per heavy atom. The Morgan fingerprint density at radius 3 is 2.56 bits per heavy atom. The normalized spacial score (nSPS) is 10.3. The zero-order valence-electron chi connectivity index (χ0n) is 10.7. The van der Waals surface area contributed by atoms with Gasteiger partial charge < -0.3 is 4.74 Å². The van der Waals surface area contributed by atoms with Crippen molar-refractivity contribution >= 4 is 5.91 Å². The standard InChI is InChI=1S/C14H22N2O2/c15-16-14(17)10-4-5-11-18-12-6-9-13-7-2-1-3-8-13/h1-3,7-8H,4-6,9-12,15H2,(H,16,17). The number of nitrogens with one attached hydrogen (secondary N) is 1. The van der Waals surface area contributed by atoms with Crippen LogP contribution in [0.1, 0.15) is 31.2 Å². The van der Waals surface area contributed by atoms with Crippen LogP contribution in [0.15, 0.2) is 30.3 Å². The summed E-state index contributed by atoms with van der Waals surface area (Å²) >= 11 is 0. The van der Waals surface area contributed by atoms with Gasteiger partial charge in [0.25, 0.3) is 0 Å². The molecule has 0 radical (unpaired) electrons.